The summed E-state index contributed by atoms with van der Waals surface area (Å²) < 4.78 is 18.6. The van der Waals surface area contributed by atoms with Crippen LogP contribution < -0.4 is 5.32 Å². The molecule has 5 aromatic rings. The van der Waals surface area contributed by atoms with Crippen molar-refractivity contribution in [2.45, 2.75) is 39.8 Å². The number of carbonyl (C=O) groups is 1. The minimum atomic E-state index is -0.525. The molecule has 0 aliphatic carbocycles. The van der Waals surface area contributed by atoms with Gasteiger partial charge in [-0.3, -0.25) is 0 Å². The highest BCUT2D eigenvalue weighted by Crippen LogP contribution is 2.39. The summed E-state index contributed by atoms with van der Waals surface area (Å²) in [5.74, 6) is 0.549. The molecule has 0 bridgehead atoms. The molecule has 2 amide bonds. The molecule has 0 fully saturated rings. The largest absolute Gasteiger partial charge is 0.322 e. The van der Waals surface area contributed by atoms with Gasteiger partial charge in [0.25, 0.3) is 0 Å². The first kappa shape index (κ1) is 24.7. The van der Waals surface area contributed by atoms with Gasteiger partial charge < -0.3 is 14.8 Å². The lowest BCUT2D eigenvalue weighted by atomic mass is 10.0. The minimum absolute atomic E-state index is 0.258. The molecular formula is C32H30FN5O. The lowest BCUT2D eigenvalue weighted by molar-refractivity contribution is 0.194. The van der Waals surface area contributed by atoms with E-state index in [0.717, 1.165) is 45.3 Å². The molecule has 6 nitrogen and oxygen atoms in total. The van der Waals surface area contributed by atoms with Crippen molar-refractivity contribution >= 4 is 11.7 Å². The highest BCUT2D eigenvalue weighted by atomic mass is 19.1. The standard InChI is InChI=1S/C32H30FN5O/c1-4-27-26-20-37(32(39)34-28-16-15-21(2)18-22(28)3)30(23-10-8-11-24(33)19-23)29-14-9-17-36(29)31(26)38(35-27)25-12-6-5-7-13-25/h5-19,30H,4,20H2,1-3H3,(H,34,39)/t30-/m0/s1. The number of hydrogen-bond acceptors (Lipinski definition) is 2. The number of rotatable bonds is 4. The van der Waals surface area contributed by atoms with Gasteiger partial charge in [0.1, 0.15) is 11.6 Å². The zero-order valence-electron chi connectivity index (χ0n) is 22.2. The zero-order chi connectivity index (χ0) is 27.1. The van der Waals surface area contributed by atoms with E-state index in [2.05, 4.69) is 16.8 Å². The predicted molar refractivity (Wildman–Crippen MR) is 151 cm³/mol. The van der Waals surface area contributed by atoms with Gasteiger partial charge in [0.2, 0.25) is 0 Å². The van der Waals surface area contributed by atoms with Crippen LogP contribution in [0.4, 0.5) is 14.9 Å². The van der Waals surface area contributed by atoms with E-state index in [9.17, 15) is 9.18 Å². The number of amides is 2. The molecule has 3 heterocycles. The van der Waals surface area contributed by atoms with E-state index >= 15 is 0 Å². The van der Waals surface area contributed by atoms with E-state index < -0.39 is 6.04 Å². The summed E-state index contributed by atoms with van der Waals surface area (Å²) in [5, 5.41) is 8.13. The van der Waals surface area contributed by atoms with Crippen molar-refractivity contribution in [1.82, 2.24) is 19.2 Å². The maximum Gasteiger partial charge on any atom is 0.322 e. The molecule has 39 heavy (non-hydrogen) atoms. The van der Waals surface area contributed by atoms with Crippen LogP contribution in [0.25, 0.3) is 11.5 Å². The molecule has 6 rings (SSSR count). The summed E-state index contributed by atoms with van der Waals surface area (Å²) in [4.78, 5) is 15.9. The summed E-state index contributed by atoms with van der Waals surface area (Å²) in [5.41, 5.74) is 7.23. The van der Waals surface area contributed by atoms with Crippen LogP contribution in [0.1, 0.15) is 46.6 Å². The Hall–Kier alpha value is -4.65. The fourth-order valence-corrected chi connectivity index (χ4v) is 5.52. The van der Waals surface area contributed by atoms with Crippen molar-refractivity contribution in [3.05, 3.63) is 131 Å². The maximum absolute atomic E-state index is 14.6. The fraction of sp³-hybridized carbons (Fsp3) is 0.188. The average Bonchev–Trinajstić information content (AvgIpc) is 3.51. The van der Waals surface area contributed by atoms with Gasteiger partial charge in [-0.05, 0) is 73.9 Å². The second-order valence-electron chi connectivity index (χ2n) is 9.99. The van der Waals surface area contributed by atoms with Crippen molar-refractivity contribution in [2.75, 3.05) is 5.32 Å². The molecule has 0 saturated heterocycles. The van der Waals surface area contributed by atoms with Gasteiger partial charge in [-0.15, -0.1) is 0 Å². The molecule has 0 spiro atoms. The number of para-hydroxylation sites is 1. The van der Waals surface area contributed by atoms with Gasteiger partial charge in [0.05, 0.1) is 29.7 Å². The fourth-order valence-electron chi connectivity index (χ4n) is 5.52. The highest BCUT2D eigenvalue weighted by Gasteiger charge is 2.36. The topological polar surface area (TPSA) is 55.1 Å². The van der Waals surface area contributed by atoms with Crippen LogP contribution in [-0.2, 0) is 13.0 Å². The Labute approximate surface area is 227 Å². The number of urea groups is 1. The summed E-state index contributed by atoms with van der Waals surface area (Å²) in [6, 6.07) is 25.6. The van der Waals surface area contributed by atoms with Crippen molar-refractivity contribution in [1.29, 1.82) is 0 Å². The van der Waals surface area contributed by atoms with Gasteiger partial charge in [0, 0.05) is 17.4 Å². The summed E-state index contributed by atoms with van der Waals surface area (Å²) in [7, 11) is 0. The van der Waals surface area contributed by atoms with E-state index in [1.807, 2.05) is 91.5 Å². The molecule has 1 aliphatic rings. The molecular weight excluding hydrogens is 489 g/mol. The van der Waals surface area contributed by atoms with E-state index in [-0.39, 0.29) is 11.8 Å². The van der Waals surface area contributed by atoms with Crippen LogP contribution in [0.2, 0.25) is 0 Å². The third kappa shape index (κ3) is 4.40. The number of aryl methyl sites for hydroxylation is 3. The van der Waals surface area contributed by atoms with Gasteiger partial charge in [-0.2, -0.15) is 5.10 Å². The van der Waals surface area contributed by atoms with Gasteiger partial charge in [-0.25, -0.2) is 13.9 Å². The van der Waals surface area contributed by atoms with E-state index in [1.165, 1.54) is 12.1 Å². The maximum atomic E-state index is 14.6. The van der Waals surface area contributed by atoms with Crippen LogP contribution in [0, 0.1) is 19.7 Å². The molecule has 1 N–H and O–H groups in total. The van der Waals surface area contributed by atoms with Crippen molar-refractivity contribution in [3.8, 4) is 11.5 Å². The third-order valence-corrected chi connectivity index (χ3v) is 7.35. The molecule has 196 valence electrons. The number of hydrogen-bond donors (Lipinski definition) is 1. The molecule has 0 saturated carbocycles. The minimum Gasteiger partial charge on any atom is -0.308 e. The van der Waals surface area contributed by atoms with Crippen molar-refractivity contribution in [2.24, 2.45) is 0 Å². The summed E-state index contributed by atoms with van der Waals surface area (Å²) >= 11 is 0. The van der Waals surface area contributed by atoms with Gasteiger partial charge >= 0.3 is 6.03 Å². The predicted octanol–water partition coefficient (Wildman–Crippen LogP) is 7.12. The smallest absolute Gasteiger partial charge is 0.308 e. The number of anilines is 1. The van der Waals surface area contributed by atoms with E-state index in [4.69, 9.17) is 5.10 Å². The molecule has 1 atom stereocenters. The lowest BCUT2D eigenvalue weighted by Gasteiger charge is -2.31. The van der Waals surface area contributed by atoms with Crippen LogP contribution in [0.15, 0.2) is 91.1 Å². The molecule has 0 radical (unpaired) electrons. The van der Waals surface area contributed by atoms with Gasteiger partial charge in [-0.1, -0.05) is 55.0 Å². The first-order valence-corrected chi connectivity index (χ1v) is 13.2. The SMILES string of the molecule is CCc1nn(-c2ccccc2)c2c1CN(C(=O)Nc1ccc(C)cc1C)[C@@H](c1cccc(F)c1)c1cccn1-2. The van der Waals surface area contributed by atoms with Crippen LogP contribution in [-0.4, -0.2) is 25.3 Å². The second-order valence-corrected chi connectivity index (χ2v) is 9.99. The Bertz CT molecular complexity index is 1670. The highest BCUT2D eigenvalue weighted by molar-refractivity contribution is 5.91. The number of nitrogens with zero attached hydrogens (tertiary/aromatic N) is 4. The van der Waals surface area contributed by atoms with Crippen molar-refractivity contribution in [3.63, 3.8) is 0 Å². The lowest BCUT2D eigenvalue weighted by Crippen LogP contribution is -2.38. The first-order valence-electron chi connectivity index (χ1n) is 13.2. The number of fused-ring (bicyclic) bond motifs is 3. The van der Waals surface area contributed by atoms with E-state index in [0.29, 0.717) is 18.5 Å². The quantitative estimate of drug-likeness (QED) is 0.275. The molecule has 1 aliphatic heterocycles. The zero-order valence-corrected chi connectivity index (χ0v) is 22.2. The molecule has 0 unspecified atom stereocenters. The number of benzene rings is 3. The van der Waals surface area contributed by atoms with E-state index in [1.54, 1.807) is 11.0 Å². The molecule has 7 heteroatoms. The Morgan fingerprint density at radius 3 is 2.56 bits per heavy atom. The van der Waals surface area contributed by atoms with Gasteiger partial charge in [0.15, 0.2) is 0 Å². The Morgan fingerprint density at radius 1 is 1.00 bits per heavy atom. The van der Waals surface area contributed by atoms with Crippen LogP contribution in [0.5, 0.6) is 0 Å². The Morgan fingerprint density at radius 2 is 1.82 bits per heavy atom. The first-order chi connectivity index (χ1) is 18.9. The third-order valence-electron chi connectivity index (χ3n) is 7.35. The number of nitrogens with one attached hydrogen (secondary N) is 1. The monoisotopic (exact) mass is 519 g/mol. The Kier molecular flexibility index (Phi) is 6.27. The Balaban J connectivity index is 1.55. The number of carbonyl (C=O) groups excluding carboxylic acids is 1. The molecule has 2 aromatic heterocycles. The summed E-state index contributed by atoms with van der Waals surface area (Å²) in [6.07, 6.45) is 2.70. The van der Waals surface area contributed by atoms with Crippen LogP contribution in [0.3, 0.4) is 0 Å². The number of aromatic nitrogens is 3. The number of halogens is 1. The van der Waals surface area contributed by atoms with Crippen LogP contribution >= 0.6 is 0 Å². The second kappa shape index (κ2) is 9.91. The molecule has 3 aromatic carbocycles. The summed E-state index contributed by atoms with van der Waals surface area (Å²) in [6.45, 7) is 6.39. The van der Waals surface area contributed by atoms with Crippen molar-refractivity contribution < 1.29 is 9.18 Å². The normalized spacial score (nSPS) is 14.5. The average molecular weight is 520 g/mol.